The van der Waals surface area contributed by atoms with Crippen LogP contribution in [0.15, 0.2) is 81.9 Å². The largest absolute Gasteiger partial charge is 0.322 e. The van der Waals surface area contributed by atoms with Gasteiger partial charge in [0.1, 0.15) is 0 Å². The standard InChI is InChI=1S/C27H25N5O2S/c1-16-10-8-9-13-21(16)29-25(33)23-18(3)28-27-32(24(23)19-11-6-5-7-12-19)26(34)22(35-27)14-20-15-31(4)30-17(20)2/h5-15,24H,1-4H3,(H,29,33)/t24-/m0/s1. The molecule has 3 heterocycles. The summed E-state index contributed by atoms with van der Waals surface area (Å²) in [4.78, 5) is 32.6. The molecule has 35 heavy (non-hydrogen) atoms. The Morgan fingerprint density at radius 1 is 1.06 bits per heavy atom. The second-order valence-corrected chi connectivity index (χ2v) is 9.61. The number of fused-ring (bicyclic) bond motifs is 1. The third kappa shape index (κ3) is 4.17. The van der Waals surface area contributed by atoms with Crippen LogP contribution in [0.4, 0.5) is 5.69 Å². The Balaban J connectivity index is 1.68. The average molecular weight is 484 g/mol. The maximum absolute atomic E-state index is 13.7. The van der Waals surface area contributed by atoms with Gasteiger partial charge in [0.2, 0.25) is 0 Å². The normalized spacial score (nSPS) is 15.7. The molecular weight excluding hydrogens is 458 g/mol. The quantitative estimate of drug-likeness (QED) is 0.484. The molecule has 8 heteroatoms. The predicted octanol–water partition coefficient (Wildman–Crippen LogP) is 3.22. The molecular formula is C27H25N5O2S. The number of nitrogens with zero attached hydrogens (tertiary/aromatic N) is 4. The van der Waals surface area contributed by atoms with Gasteiger partial charge in [-0.3, -0.25) is 18.8 Å². The van der Waals surface area contributed by atoms with Crippen molar-refractivity contribution in [3.8, 4) is 0 Å². The summed E-state index contributed by atoms with van der Waals surface area (Å²) in [5, 5.41) is 7.40. The highest BCUT2D eigenvalue weighted by molar-refractivity contribution is 7.07. The number of nitrogens with one attached hydrogen (secondary N) is 1. The predicted molar refractivity (Wildman–Crippen MR) is 138 cm³/mol. The van der Waals surface area contributed by atoms with E-state index in [-0.39, 0.29) is 11.5 Å². The second-order valence-electron chi connectivity index (χ2n) is 8.61. The van der Waals surface area contributed by atoms with Crippen molar-refractivity contribution in [2.45, 2.75) is 26.8 Å². The van der Waals surface area contributed by atoms with Crippen LogP contribution >= 0.6 is 11.3 Å². The second kappa shape index (κ2) is 8.96. The molecule has 0 bridgehead atoms. The van der Waals surface area contributed by atoms with Gasteiger partial charge in [-0.1, -0.05) is 59.9 Å². The highest BCUT2D eigenvalue weighted by atomic mass is 32.1. The van der Waals surface area contributed by atoms with Gasteiger partial charge in [0.15, 0.2) is 4.80 Å². The molecule has 1 aliphatic heterocycles. The Bertz CT molecular complexity index is 1660. The van der Waals surface area contributed by atoms with Crippen molar-refractivity contribution in [1.82, 2.24) is 14.3 Å². The molecule has 2 aromatic heterocycles. The minimum atomic E-state index is -0.589. The maximum atomic E-state index is 13.7. The molecule has 2 aromatic carbocycles. The van der Waals surface area contributed by atoms with E-state index in [1.54, 1.807) is 9.25 Å². The van der Waals surface area contributed by atoms with E-state index in [9.17, 15) is 9.59 Å². The van der Waals surface area contributed by atoms with Crippen LogP contribution < -0.4 is 20.2 Å². The molecule has 0 aliphatic carbocycles. The van der Waals surface area contributed by atoms with Crippen LogP contribution in [0.3, 0.4) is 0 Å². The van der Waals surface area contributed by atoms with Crippen LogP contribution in [-0.4, -0.2) is 20.3 Å². The number of carbonyl (C=O) groups excluding carboxylic acids is 1. The summed E-state index contributed by atoms with van der Waals surface area (Å²) >= 11 is 1.32. The zero-order chi connectivity index (χ0) is 24.7. The molecule has 1 aliphatic rings. The van der Waals surface area contributed by atoms with Crippen molar-refractivity contribution in [3.63, 3.8) is 0 Å². The zero-order valence-electron chi connectivity index (χ0n) is 19.9. The number of para-hydroxylation sites is 1. The van der Waals surface area contributed by atoms with E-state index in [1.165, 1.54) is 11.3 Å². The number of hydrogen-bond donors (Lipinski definition) is 1. The molecule has 176 valence electrons. The number of thiazole rings is 1. The fourth-order valence-corrected chi connectivity index (χ4v) is 5.40. The molecule has 0 saturated carbocycles. The van der Waals surface area contributed by atoms with Gasteiger partial charge in [-0.2, -0.15) is 5.10 Å². The molecule has 1 N–H and O–H groups in total. The summed E-state index contributed by atoms with van der Waals surface area (Å²) in [5.74, 6) is -0.271. The molecule has 0 spiro atoms. The van der Waals surface area contributed by atoms with E-state index in [0.717, 1.165) is 28.1 Å². The number of aromatic nitrogens is 3. The Morgan fingerprint density at radius 2 is 1.77 bits per heavy atom. The lowest BCUT2D eigenvalue weighted by Gasteiger charge is -2.25. The van der Waals surface area contributed by atoms with E-state index in [2.05, 4.69) is 10.4 Å². The maximum Gasteiger partial charge on any atom is 0.271 e. The van der Waals surface area contributed by atoms with Crippen molar-refractivity contribution in [3.05, 3.63) is 114 Å². The van der Waals surface area contributed by atoms with E-state index in [4.69, 9.17) is 4.99 Å². The average Bonchev–Trinajstić information content (AvgIpc) is 3.32. The first kappa shape index (κ1) is 22.7. The summed E-state index contributed by atoms with van der Waals surface area (Å²) in [6.07, 6.45) is 3.73. The first-order valence-electron chi connectivity index (χ1n) is 11.3. The van der Waals surface area contributed by atoms with Gasteiger partial charge in [-0.15, -0.1) is 0 Å². The molecule has 0 fully saturated rings. The molecule has 1 amide bonds. The van der Waals surface area contributed by atoms with Crippen molar-refractivity contribution >= 4 is 29.0 Å². The number of rotatable bonds is 4. The molecule has 7 nitrogen and oxygen atoms in total. The van der Waals surface area contributed by atoms with Crippen molar-refractivity contribution < 1.29 is 4.79 Å². The molecule has 4 aromatic rings. The number of allylic oxidation sites excluding steroid dienone is 1. The first-order chi connectivity index (χ1) is 16.8. The van der Waals surface area contributed by atoms with Crippen LogP contribution in [0.25, 0.3) is 6.08 Å². The Morgan fingerprint density at radius 3 is 2.46 bits per heavy atom. The van der Waals surface area contributed by atoms with Gasteiger partial charge < -0.3 is 5.32 Å². The highest BCUT2D eigenvalue weighted by Gasteiger charge is 2.32. The monoisotopic (exact) mass is 483 g/mol. The number of carbonyl (C=O) groups is 1. The van der Waals surface area contributed by atoms with Crippen molar-refractivity contribution in [2.75, 3.05) is 5.32 Å². The van der Waals surface area contributed by atoms with Gasteiger partial charge in [0.25, 0.3) is 11.5 Å². The van der Waals surface area contributed by atoms with Crippen molar-refractivity contribution in [1.29, 1.82) is 0 Å². The number of benzene rings is 2. The van der Waals surface area contributed by atoms with Crippen LogP contribution in [0.1, 0.15) is 35.3 Å². The minimum Gasteiger partial charge on any atom is -0.322 e. The van der Waals surface area contributed by atoms with Crippen LogP contribution in [0.2, 0.25) is 0 Å². The highest BCUT2D eigenvalue weighted by Crippen LogP contribution is 2.31. The van der Waals surface area contributed by atoms with E-state index >= 15 is 0 Å². The van der Waals surface area contributed by atoms with Gasteiger partial charge >= 0.3 is 0 Å². The summed E-state index contributed by atoms with van der Waals surface area (Å²) in [6.45, 7) is 5.68. The van der Waals surface area contributed by atoms with Gasteiger partial charge in [-0.25, -0.2) is 4.99 Å². The Labute approximate surface area is 206 Å². The fourth-order valence-electron chi connectivity index (χ4n) is 4.37. The zero-order valence-corrected chi connectivity index (χ0v) is 20.8. The third-order valence-corrected chi connectivity index (χ3v) is 7.10. The number of amides is 1. The molecule has 1 atom stereocenters. The minimum absolute atomic E-state index is 0.181. The van der Waals surface area contributed by atoms with Crippen molar-refractivity contribution in [2.24, 2.45) is 12.0 Å². The Kier molecular flexibility index (Phi) is 5.82. The molecule has 0 saturated heterocycles. The van der Waals surface area contributed by atoms with Crippen LogP contribution in [0, 0.1) is 13.8 Å². The van der Waals surface area contributed by atoms with Gasteiger partial charge in [0.05, 0.1) is 27.5 Å². The summed E-state index contributed by atoms with van der Waals surface area (Å²) < 4.78 is 3.91. The Hall–Kier alpha value is -4.04. The van der Waals surface area contributed by atoms with E-state index < -0.39 is 6.04 Å². The number of hydrogen-bond acceptors (Lipinski definition) is 5. The molecule has 5 rings (SSSR count). The summed E-state index contributed by atoms with van der Waals surface area (Å²) in [5.41, 5.74) is 5.12. The number of aryl methyl sites for hydroxylation is 3. The third-order valence-electron chi connectivity index (χ3n) is 6.11. The van der Waals surface area contributed by atoms with Crippen LogP contribution in [0.5, 0.6) is 0 Å². The van der Waals surface area contributed by atoms with Crippen LogP contribution in [-0.2, 0) is 11.8 Å². The fraction of sp³-hybridized carbons (Fsp3) is 0.185. The smallest absolute Gasteiger partial charge is 0.271 e. The summed E-state index contributed by atoms with van der Waals surface area (Å²) in [7, 11) is 1.85. The topological polar surface area (TPSA) is 81.3 Å². The lowest BCUT2D eigenvalue weighted by atomic mass is 9.95. The SMILES string of the molecule is CC1=C(C(=O)Nc2ccccc2C)[C@H](c2ccccc2)n2c(sc(=Cc3cn(C)nc3C)c2=O)=N1. The number of anilines is 1. The summed E-state index contributed by atoms with van der Waals surface area (Å²) in [6, 6.07) is 16.7. The van der Waals surface area contributed by atoms with Gasteiger partial charge in [0, 0.05) is 24.5 Å². The lowest BCUT2D eigenvalue weighted by Crippen LogP contribution is -2.40. The first-order valence-corrected chi connectivity index (χ1v) is 12.1. The van der Waals surface area contributed by atoms with E-state index in [1.807, 2.05) is 94.7 Å². The van der Waals surface area contributed by atoms with E-state index in [0.29, 0.717) is 20.6 Å². The molecule has 0 radical (unpaired) electrons. The lowest BCUT2D eigenvalue weighted by molar-refractivity contribution is -0.113. The molecule has 0 unspecified atom stereocenters. The van der Waals surface area contributed by atoms with Gasteiger partial charge in [-0.05, 0) is 44.0 Å².